The van der Waals surface area contributed by atoms with Gasteiger partial charge in [-0.1, -0.05) is 12.1 Å². The van der Waals surface area contributed by atoms with Gasteiger partial charge in [-0.3, -0.25) is 4.90 Å². The van der Waals surface area contributed by atoms with Gasteiger partial charge in [0.1, 0.15) is 0 Å². The Kier molecular flexibility index (Phi) is 5.03. The maximum atomic E-state index is 12.4. The lowest BCUT2D eigenvalue weighted by Gasteiger charge is -2.22. The number of urea groups is 1. The van der Waals surface area contributed by atoms with Crippen molar-refractivity contribution >= 4 is 17.7 Å². The summed E-state index contributed by atoms with van der Waals surface area (Å²) in [5.74, 6) is -0.684. The number of nitrogens with zero attached hydrogens (tertiary/aromatic N) is 2. The van der Waals surface area contributed by atoms with Crippen molar-refractivity contribution in [1.29, 1.82) is 0 Å². The number of benzene rings is 1. The fourth-order valence-corrected chi connectivity index (χ4v) is 2.49. The number of amides is 2. The molecule has 2 rings (SSSR count). The monoisotopic (exact) mass is 306 g/mol. The maximum Gasteiger partial charge on any atom is 0.339 e. The number of ether oxygens (including phenoxy) is 1. The summed E-state index contributed by atoms with van der Waals surface area (Å²) >= 11 is 0. The predicted molar refractivity (Wildman–Crippen MR) is 82.6 cm³/mol. The third-order valence-corrected chi connectivity index (χ3v) is 3.67. The molecule has 0 aromatic heterocycles. The van der Waals surface area contributed by atoms with E-state index >= 15 is 0 Å². The van der Waals surface area contributed by atoms with Crippen LogP contribution in [0.3, 0.4) is 0 Å². The van der Waals surface area contributed by atoms with Crippen molar-refractivity contribution in [2.75, 3.05) is 24.6 Å². The highest BCUT2D eigenvalue weighted by Crippen LogP contribution is 2.25. The van der Waals surface area contributed by atoms with Gasteiger partial charge in [0.05, 0.1) is 6.61 Å². The number of rotatable bonds is 5. The molecule has 120 valence electrons. The van der Waals surface area contributed by atoms with Crippen molar-refractivity contribution in [2.45, 2.75) is 32.9 Å². The van der Waals surface area contributed by atoms with Crippen LogP contribution in [0.1, 0.15) is 32.4 Å². The van der Waals surface area contributed by atoms with Gasteiger partial charge in [-0.15, -0.1) is 0 Å². The summed E-state index contributed by atoms with van der Waals surface area (Å²) in [5.41, 5.74) is 1.10. The normalized spacial score (nSPS) is 16.3. The van der Waals surface area contributed by atoms with Gasteiger partial charge in [0.15, 0.2) is 6.10 Å². The molecule has 0 spiro atoms. The Labute approximate surface area is 130 Å². The van der Waals surface area contributed by atoms with Gasteiger partial charge in [-0.25, -0.2) is 9.59 Å². The molecule has 1 unspecified atom stereocenters. The standard InChI is InChI=1S/C16H22N2O4/c1-4-22-15(20)14(19)12-6-5-7-13(10-12)18-9-8-17(11(2)3)16(18)21/h5-7,10-11,14,19H,4,8-9H2,1-3H3. The SMILES string of the molecule is CCOC(=O)C(O)c1cccc(N2CCN(C(C)C)C2=O)c1. The van der Waals surface area contributed by atoms with E-state index in [2.05, 4.69) is 0 Å². The quantitative estimate of drug-likeness (QED) is 0.844. The van der Waals surface area contributed by atoms with Crippen LogP contribution in [0.5, 0.6) is 0 Å². The van der Waals surface area contributed by atoms with E-state index in [1.54, 1.807) is 41.0 Å². The highest BCUT2D eigenvalue weighted by Gasteiger charge is 2.31. The van der Waals surface area contributed by atoms with E-state index in [0.29, 0.717) is 24.3 Å². The molecule has 1 aromatic carbocycles. The summed E-state index contributed by atoms with van der Waals surface area (Å²) in [6, 6.07) is 6.90. The molecule has 0 radical (unpaired) electrons. The largest absolute Gasteiger partial charge is 0.464 e. The molecule has 1 aliphatic rings. The minimum atomic E-state index is -1.33. The van der Waals surface area contributed by atoms with E-state index in [1.165, 1.54) is 0 Å². The molecule has 1 heterocycles. The first-order chi connectivity index (χ1) is 10.5. The van der Waals surface area contributed by atoms with E-state index in [4.69, 9.17) is 4.74 Å². The first-order valence-corrected chi connectivity index (χ1v) is 7.48. The Morgan fingerprint density at radius 1 is 1.36 bits per heavy atom. The summed E-state index contributed by atoms with van der Waals surface area (Å²) in [5, 5.41) is 10.0. The van der Waals surface area contributed by atoms with Gasteiger partial charge in [-0.05, 0) is 38.5 Å². The molecule has 1 N–H and O–H groups in total. The molecule has 1 saturated heterocycles. The van der Waals surface area contributed by atoms with Crippen LogP contribution >= 0.6 is 0 Å². The number of hydrogen-bond donors (Lipinski definition) is 1. The minimum absolute atomic E-state index is 0.0576. The number of carbonyl (C=O) groups excluding carboxylic acids is 2. The number of hydrogen-bond acceptors (Lipinski definition) is 4. The highest BCUT2D eigenvalue weighted by molar-refractivity contribution is 5.94. The number of aliphatic hydroxyl groups excluding tert-OH is 1. The zero-order chi connectivity index (χ0) is 16.3. The molecular weight excluding hydrogens is 284 g/mol. The van der Waals surface area contributed by atoms with Crippen LogP contribution in [0.15, 0.2) is 24.3 Å². The van der Waals surface area contributed by atoms with E-state index in [9.17, 15) is 14.7 Å². The minimum Gasteiger partial charge on any atom is -0.464 e. The fraction of sp³-hybridized carbons (Fsp3) is 0.500. The van der Waals surface area contributed by atoms with Crippen LogP contribution in [0.25, 0.3) is 0 Å². The Hall–Kier alpha value is -2.08. The lowest BCUT2D eigenvalue weighted by Crippen LogP contribution is -2.36. The van der Waals surface area contributed by atoms with Crippen molar-refractivity contribution in [3.05, 3.63) is 29.8 Å². The second-order valence-electron chi connectivity index (χ2n) is 5.47. The van der Waals surface area contributed by atoms with E-state index in [0.717, 1.165) is 0 Å². The van der Waals surface area contributed by atoms with Gasteiger partial charge < -0.3 is 14.7 Å². The Morgan fingerprint density at radius 3 is 2.68 bits per heavy atom. The molecule has 1 aromatic rings. The lowest BCUT2D eigenvalue weighted by molar-refractivity contribution is -0.153. The van der Waals surface area contributed by atoms with Gasteiger partial charge in [0.25, 0.3) is 0 Å². The molecule has 1 fully saturated rings. The van der Waals surface area contributed by atoms with Crippen LogP contribution < -0.4 is 4.90 Å². The van der Waals surface area contributed by atoms with Gasteiger partial charge in [0, 0.05) is 24.8 Å². The summed E-state index contributed by atoms with van der Waals surface area (Å²) in [7, 11) is 0. The van der Waals surface area contributed by atoms with Crippen LogP contribution in [0, 0.1) is 0 Å². The fourth-order valence-electron chi connectivity index (χ4n) is 2.49. The van der Waals surface area contributed by atoms with Crippen molar-refractivity contribution < 1.29 is 19.4 Å². The van der Waals surface area contributed by atoms with Crippen LogP contribution in [0.4, 0.5) is 10.5 Å². The van der Waals surface area contributed by atoms with Gasteiger partial charge in [0.2, 0.25) is 0 Å². The zero-order valence-electron chi connectivity index (χ0n) is 13.2. The Bertz CT molecular complexity index is 559. The Morgan fingerprint density at radius 2 is 2.09 bits per heavy atom. The van der Waals surface area contributed by atoms with Crippen molar-refractivity contribution in [1.82, 2.24) is 4.90 Å². The van der Waals surface area contributed by atoms with Crippen LogP contribution in [-0.2, 0) is 9.53 Å². The molecule has 2 amide bonds. The summed E-state index contributed by atoms with van der Waals surface area (Å²) in [6.07, 6.45) is -1.33. The van der Waals surface area contributed by atoms with E-state index in [-0.39, 0.29) is 18.7 Å². The van der Waals surface area contributed by atoms with Crippen LogP contribution in [0.2, 0.25) is 0 Å². The summed E-state index contributed by atoms with van der Waals surface area (Å²) < 4.78 is 4.82. The Balaban J connectivity index is 2.19. The molecule has 6 nitrogen and oxygen atoms in total. The first-order valence-electron chi connectivity index (χ1n) is 7.48. The molecule has 1 aliphatic heterocycles. The molecule has 0 aliphatic carbocycles. The average molecular weight is 306 g/mol. The number of carbonyl (C=O) groups is 2. The second-order valence-corrected chi connectivity index (χ2v) is 5.47. The molecule has 1 atom stereocenters. The van der Waals surface area contributed by atoms with Crippen molar-refractivity contribution in [3.63, 3.8) is 0 Å². The molecule has 22 heavy (non-hydrogen) atoms. The van der Waals surface area contributed by atoms with Crippen molar-refractivity contribution in [3.8, 4) is 0 Å². The van der Waals surface area contributed by atoms with Gasteiger partial charge >= 0.3 is 12.0 Å². The highest BCUT2D eigenvalue weighted by atomic mass is 16.5. The number of esters is 1. The van der Waals surface area contributed by atoms with E-state index in [1.807, 2.05) is 13.8 Å². The number of aliphatic hydroxyl groups is 1. The summed E-state index contributed by atoms with van der Waals surface area (Å²) in [6.45, 7) is 7.11. The third-order valence-electron chi connectivity index (χ3n) is 3.67. The molecule has 6 heteroatoms. The molecular formula is C16H22N2O4. The predicted octanol–water partition coefficient (Wildman–Crippen LogP) is 1.93. The van der Waals surface area contributed by atoms with Crippen LogP contribution in [-0.4, -0.2) is 47.7 Å². The topological polar surface area (TPSA) is 70.1 Å². The third kappa shape index (κ3) is 3.22. The second kappa shape index (κ2) is 6.79. The van der Waals surface area contributed by atoms with Gasteiger partial charge in [-0.2, -0.15) is 0 Å². The number of anilines is 1. The lowest BCUT2D eigenvalue weighted by atomic mass is 10.1. The zero-order valence-corrected chi connectivity index (χ0v) is 13.2. The van der Waals surface area contributed by atoms with E-state index < -0.39 is 12.1 Å². The average Bonchev–Trinajstić information content (AvgIpc) is 2.88. The van der Waals surface area contributed by atoms with Crippen molar-refractivity contribution in [2.24, 2.45) is 0 Å². The summed E-state index contributed by atoms with van der Waals surface area (Å²) in [4.78, 5) is 27.4. The molecule has 0 saturated carbocycles. The maximum absolute atomic E-state index is 12.4. The first kappa shape index (κ1) is 16.3. The smallest absolute Gasteiger partial charge is 0.339 e. The molecule has 0 bridgehead atoms.